The molecular formula is C18H24N6O2. The van der Waals surface area contributed by atoms with Gasteiger partial charge in [0.1, 0.15) is 11.9 Å². The summed E-state index contributed by atoms with van der Waals surface area (Å²) >= 11 is 0. The lowest BCUT2D eigenvalue weighted by Gasteiger charge is -2.19. The molecule has 0 unspecified atom stereocenters. The average Bonchev–Trinajstić information content (AvgIpc) is 3.06. The van der Waals surface area contributed by atoms with E-state index in [2.05, 4.69) is 25.8 Å². The van der Waals surface area contributed by atoms with E-state index in [-0.39, 0.29) is 6.09 Å². The Kier molecular flexibility index (Phi) is 5.20. The first-order valence-corrected chi connectivity index (χ1v) is 8.73. The number of benzene rings is 1. The Morgan fingerprint density at radius 1 is 1.19 bits per heavy atom. The van der Waals surface area contributed by atoms with Crippen LogP contribution in [0.5, 0.6) is 0 Å². The number of ether oxygens (including phenoxy) is 1. The molecule has 0 aliphatic carbocycles. The van der Waals surface area contributed by atoms with Crippen molar-refractivity contribution in [3.63, 3.8) is 0 Å². The highest BCUT2D eigenvalue weighted by molar-refractivity contribution is 5.82. The fraction of sp³-hybridized carbons (Fsp3) is 0.444. The summed E-state index contributed by atoms with van der Waals surface area (Å²) in [5, 5.41) is 14.2. The maximum Gasteiger partial charge on any atom is 0.407 e. The van der Waals surface area contributed by atoms with Gasteiger partial charge in [-0.3, -0.25) is 4.40 Å². The van der Waals surface area contributed by atoms with Gasteiger partial charge in [0, 0.05) is 13.1 Å². The molecule has 138 valence electrons. The van der Waals surface area contributed by atoms with Crippen LogP contribution in [0.4, 0.5) is 10.6 Å². The normalized spacial score (nSPS) is 11.7. The van der Waals surface area contributed by atoms with Crippen LogP contribution < -0.4 is 10.6 Å². The van der Waals surface area contributed by atoms with Crippen molar-refractivity contribution in [2.45, 2.75) is 39.2 Å². The number of nitrogens with zero attached hydrogens (tertiary/aromatic N) is 4. The largest absolute Gasteiger partial charge is 0.444 e. The lowest BCUT2D eigenvalue weighted by atomic mass is 10.2. The molecule has 0 fully saturated rings. The van der Waals surface area contributed by atoms with Gasteiger partial charge in [0.05, 0.1) is 11.0 Å². The third-order valence-corrected chi connectivity index (χ3v) is 3.70. The minimum absolute atomic E-state index is 0.383. The van der Waals surface area contributed by atoms with Crippen molar-refractivity contribution in [2.75, 3.05) is 18.4 Å². The van der Waals surface area contributed by atoms with Crippen LogP contribution in [0.3, 0.4) is 0 Å². The molecule has 2 heterocycles. The van der Waals surface area contributed by atoms with Crippen molar-refractivity contribution in [1.82, 2.24) is 24.9 Å². The third-order valence-electron chi connectivity index (χ3n) is 3.70. The van der Waals surface area contributed by atoms with E-state index in [1.807, 2.05) is 49.4 Å². The molecule has 26 heavy (non-hydrogen) atoms. The maximum absolute atomic E-state index is 11.6. The summed E-state index contributed by atoms with van der Waals surface area (Å²) in [6.07, 6.45) is 3.02. The minimum Gasteiger partial charge on any atom is -0.444 e. The molecule has 0 atom stereocenters. The molecule has 8 nitrogen and oxygen atoms in total. The summed E-state index contributed by atoms with van der Waals surface area (Å²) in [4.78, 5) is 16.2. The van der Waals surface area contributed by atoms with E-state index in [9.17, 15) is 4.79 Å². The lowest BCUT2D eigenvalue weighted by molar-refractivity contribution is 0.0527. The van der Waals surface area contributed by atoms with E-state index in [1.54, 1.807) is 6.33 Å². The molecule has 3 aromatic rings. The van der Waals surface area contributed by atoms with Crippen LogP contribution >= 0.6 is 0 Å². The number of hydrogen-bond acceptors (Lipinski definition) is 6. The summed E-state index contributed by atoms with van der Waals surface area (Å²) < 4.78 is 7.13. The summed E-state index contributed by atoms with van der Waals surface area (Å²) in [6, 6.07) is 7.88. The van der Waals surface area contributed by atoms with E-state index < -0.39 is 5.60 Å². The van der Waals surface area contributed by atoms with Crippen molar-refractivity contribution < 1.29 is 9.53 Å². The molecule has 3 rings (SSSR count). The second-order valence-corrected chi connectivity index (χ2v) is 7.04. The van der Waals surface area contributed by atoms with Crippen LogP contribution in [-0.2, 0) is 4.74 Å². The Balaban J connectivity index is 1.51. The fourth-order valence-corrected chi connectivity index (χ4v) is 2.59. The van der Waals surface area contributed by atoms with E-state index >= 15 is 0 Å². The number of anilines is 1. The molecule has 0 bridgehead atoms. The Labute approximate surface area is 152 Å². The second kappa shape index (κ2) is 7.55. The molecule has 2 N–H and O–H groups in total. The Morgan fingerprint density at radius 2 is 1.96 bits per heavy atom. The van der Waals surface area contributed by atoms with Gasteiger partial charge in [-0.25, -0.2) is 9.78 Å². The number of fused-ring (bicyclic) bond motifs is 3. The smallest absolute Gasteiger partial charge is 0.407 e. The zero-order valence-electron chi connectivity index (χ0n) is 15.3. The summed E-state index contributed by atoms with van der Waals surface area (Å²) in [7, 11) is 0. The highest BCUT2D eigenvalue weighted by atomic mass is 16.6. The highest BCUT2D eigenvalue weighted by Crippen LogP contribution is 2.19. The molecule has 0 saturated heterocycles. The molecule has 2 aromatic heterocycles. The van der Waals surface area contributed by atoms with Crippen molar-refractivity contribution in [1.29, 1.82) is 0 Å². The highest BCUT2D eigenvalue weighted by Gasteiger charge is 2.15. The Bertz CT molecular complexity index is 899. The minimum atomic E-state index is -0.475. The number of para-hydroxylation sites is 2. The van der Waals surface area contributed by atoms with Crippen molar-refractivity contribution in [3.8, 4) is 0 Å². The van der Waals surface area contributed by atoms with Gasteiger partial charge in [-0.15, -0.1) is 10.2 Å². The maximum atomic E-state index is 11.6. The van der Waals surface area contributed by atoms with Crippen molar-refractivity contribution >= 4 is 28.6 Å². The number of amides is 1. The monoisotopic (exact) mass is 356 g/mol. The van der Waals surface area contributed by atoms with E-state index in [4.69, 9.17) is 4.74 Å². The molecule has 1 amide bonds. The second-order valence-electron chi connectivity index (χ2n) is 7.04. The number of alkyl carbamates (subject to hydrolysis) is 1. The molecule has 0 aliphatic heterocycles. The van der Waals surface area contributed by atoms with Gasteiger partial charge < -0.3 is 15.4 Å². The zero-order chi connectivity index (χ0) is 18.6. The first kappa shape index (κ1) is 17.9. The predicted molar refractivity (Wildman–Crippen MR) is 100 cm³/mol. The summed E-state index contributed by atoms with van der Waals surface area (Å²) in [5.74, 6) is 0.710. The molecule has 0 saturated carbocycles. The van der Waals surface area contributed by atoms with Crippen LogP contribution in [-0.4, -0.2) is 44.4 Å². The Hall–Kier alpha value is -2.90. The first-order valence-electron chi connectivity index (χ1n) is 8.73. The van der Waals surface area contributed by atoms with Gasteiger partial charge in [-0.05, 0) is 45.7 Å². The van der Waals surface area contributed by atoms with Crippen LogP contribution in [0.25, 0.3) is 16.7 Å². The van der Waals surface area contributed by atoms with Crippen LogP contribution in [0, 0.1) is 0 Å². The van der Waals surface area contributed by atoms with Crippen LogP contribution in [0.1, 0.15) is 33.6 Å². The third kappa shape index (κ3) is 4.38. The quantitative estimate of drug-likeness (QED) is 0.660. The molecule has 0 radical (unpaired) electrons. The lowest BCUT2D eigenvalue weighted by Crippen LogP contribution is -2.33. The average molecular weight is 356 g/mol. The van der Waals surface area contributed by atoms with Gasteiger partial charge in [-0.1, -0.05) is 12.1 Å². The van der Waals surface area contributed by atoms with Gasteiger partial charge in [0.2, 0.25) is 5.65 Å². The fourth-order valence-electron chi connectivity index (χ4n) is 2.59. The predicted octanol–water partition coefficient (Wildman–Crippen LogP) is 2.99. The number of carbonyl (C=O) groups is 1. The number of hydrogen-bond donors (Lipinski definition) is 2. The molecule has 0 spiro atoms. The number of aromatic nitrogens is 4. The zero-order valence-corrected chi connectivity index (χ0v) is 15.3. The van der Waals surface area contributed by atoms with E-state index in [0.717, 1.165) is 30.4 Å². The van der Waals surface area contributed by atoms with E-state index in [1.165, 1.54) is 0 Å². The molecule has 1 aromatic carbocycles. The van der Waals surface area contributed by atoms with Gasteiger partial charge in [0.25, 0.3) is 0 Å². The number of carbonyl (C=O) groups excluding carboxylic acids is 1. The van der Waals surface area contributed by atoms with Crippen molar-refractivity contribution in [2.24, 2.45) is 0 Å². The molecule has 8 heteroatoms. The summed E-state index contributed by atoms with van der Waals surface area (Å²) in [5.41, 5.74) is 2.08. The topological polar surface area (TPSA) is 93.4 Å². The van der Waals surface area contributed by atoms with Gasteiger partial charge in [-0.2, -0.15) is 0 Å². The standard InChI is InChI=1S/C18H24N6O2/c1-18(2,3)26-17(25)20-11-7-6-10-19-15-16-23-21-12-24(16)14-9-5-4-8-13(14)22-15/h4-5,8-9,12H,6-7,10-11H2,1-3H3,(H,19,22)(H,20,25). The van der Waals surface area contributed by atoms with Crippen LogP contribution in [0.2, 0.25) is 0 Å². The SMILES string of the molecule is CC(C)(C)OC(=O)NCCCCNc1nc2ccccc2n2cnnc12. The number of nitrogens with one attached hydrogen (secondary N) is 2. The first-order chi connectivity index (χ1) is 12.4. The van der Waals surface area contributed by atoms with Gasteiger partial charge in [0.15, 0.2) is 5.82 Å². The van der Waals surface area contributed by atoms with Crippen molar-refractivity contribution in [3.05, 3.63) is 30.6 Å². The molecular weight excluding hydrogens is 332 g/mol. The van der Waals surface area contributed by atoms with Gasteiger partial charge >= 0.3 is 6.09 Å². The number of unbranched alkanes of at least 4 members (excludes halogenated alkanes) is 1. The molecule has 0 aliphatic rings. The summed E-state index contributed by atoms with van der Waals surface area (Å²) in [6.45, 7) is 6.83. The Morgan fingerprint density at radius 3 is 2.77 bits per heavy atom. The van der Waals surface area contributed by atoms with Crippen LogP contribution in [0.15, 0.2) is 30.6 Å². The van der Waals surface area contributed by atoms with E-state index in [0.29, 0.717) is 18.0 Å². The number of rotatable bonds is 6.